The summed E-state index contributed by atoms with van der Waals surface area (Å²) in [5.41, 5.74) is 0. The maximum atomic E-state index is 12.8. The number of unbranched alkanes of at least 4 members (excludes halogenated alkanes) is 21. The summed E-state index contributed by atoms with van der Waals surface area (Å²) in [7, 11) is 1.30. The molecule has 0 aliphatic rings. The zero-order valence-corrected chi connectivity index (χ0v) is 44.3. The molecule has 3 atom stereocenters. The Balaban J connectivity index is 3.79. The second-order valence-corrected chi connectivity index (χ2v) is 20.6. The van der Waals surface area contributed by atoms with Gasteiger partial charge < -0.3 is 28.8 Å². The lowest BCUT2D eigenvalue weighted by Gasteiger charge is -2.30. The number of phosphoric ester groups is 1. The molecule has 0 bridgehead atoms. The van der Waals surface area contributed by atoms with Crippen LogP contribution in [0.3, 0.4) is 0 Å². The van der Waals surface area contributed by atoms with Gasteiger partial charge in [0.25, 0.3) is 7.82 Å². The van der Waals surface area contributed by atoms with Crippen molar-refractivity contribution >= 4 is 13.7 Å². The first-order valence-corrected chi connectivity index (χ1v) is 28.4. The Hall–Kier alpha value is -2.32. The number of aliphatic hydroxyl groups is 1. The second kappa shape index (κ2) is 47.7. The molecule has 0 fully saturated rings. The van der Waals surface area contributed by atoms with Crippen LogP contribution in [0, 0.1) is 0 Å². The van der Waals surface area contributed by atoms with E-state index in [2.05, 4.69) is 104 Å². The van der Waals surface area contributed by atoms with E-state index in [9.17, 15) is 19.4 Å². The van der Waals surface area contributed by atoms with Crippen LogP contribution in [0.5, 0.6) is 0 Å². The Morgan fingerprint density at radius 2 is 0.924 bits per heavy atom. The highest BCUT2D eigenvalue weighted by molar-refractivity contribution is 7.45. The predicted octanol–water partition coefficient (Wildman–Crippen LogP) is 15.5. The summed E-state index contributed by atoms with van der Waals surface area (Å²) in [5.74, 6) is -0.173. The van der Waals surface area contributed by atoms with Crippen molar-refractivity contribution in [2.75, 3.05) is 40.9 Å². The van der Waals surface area contributed by atoms with Crippen LogP contribution in [-0.2, 0) is 18.4 Å². The van der Waals surface area contributed by atoms with Gasteiger partial charge in [0.2, 0.25) is 5.91 Å². The van der Waals surface area contributed by atoms with Gasteiger partial charge in [-0.15, -0.1) is 0 Å². The molecule has 0 heterocycles. The van der Waals surface area contributed by atoms with Crippen LogP contribution in [0.1, 0.15) is 219 Å². The summed E-state index contributed by atoms with van der Waals surface area (Å²) < 4.78 is 23.1. The van der Waals surface area contributed by atoms with Crippen molar-refractivity contribution in [1.82, 2.24) is 5.32 Å². The van der Waals surface area contributed by atoms with Crippen LogP contribution in [0.25, 0.3) is 0 Å². The summed E-state index contributed by atoms with van der Waals surface area (Å²) >= 11 is 0. The number of allylic oxidation sites excluding steroid dienone is 14. The smallest absolute Gasteiger partial charge is 0.268 e. The molecule has 0 aliphatic carbocycles. The Morgan fingerprint density at radius 1 is 0.545 bits per heavy atom. The van der Waals surface area contributed by atoms with Gasteiger partial charge in [-0.1, -0.05) is 227 Å². The predicted molar refractivity (Wildman–Crippen MR) is 283 cm³/mol. The molecule has 0 rings (SSSR count). The number of carbonyl (C=O) groups excluding carboxylic acids is 1. The van der Waals surface area contributed by atoms with E-state index < -0.39 is 20.0 Å². The van der Waals surface area contributed by atoms with E-state index in [0.717, 1.165) is 96.3 Å². The second-order valence-electron chi connectivity index (χ2n) is 19.2. The Bertz CT molecular complexity index is 1350. The number of likely N-dealkylation sites (N-methyl/N-ethyl adjacent to an activating group) is 1. The number of hydrogen-bond donors (Lipinski definition) is 2. The van der Waals surface area contributed by atoms with Crippen molar-refractivity contribution in [3.63, 3.8) is 0 Å². The highest BCUT2D eigenvalue weighted by atomic mass is 31.2. The SMILES string of the molecule is CC/C=C\C/C=C\C/C=C\C/C=C\C/C=C\C/C=C\C/C=C\CCCCCCCCCCCCCCCCCCCC(=O)NC(COP(=O)([O-])OCC[N+](C)(C)C)C(O)CCCCCCC. The van der Waals surface area contributed by atoms with Crippen molar-refractivity contribution < 1.29 is 32.9 Å². The van der Waals surface area contributed by atoms with E-state index in [1.54, 1.807) is 0 Å². The van der Waals surface area contributed by atoms with Crippen LogP contribution < -0.4 is 10.2 Å². The van der Waals surface area contributed by atoms with Crippen LogP contribution >= 0.6 is 7.82 Å². The zero-order valence-electron chi connectivity index (χ0n) is 43.4. The van der Waals surface area contributed by atoms with E-state index in [4.69, 9.17) is 9.05 Å². The minimum atomic E-state index is -4.55. The van der Waals surface area contributed by atoms with Crippen molar-refractivity contribution in [1.29, 1.82) is 0 Å². The average molecular weight is 943 g/mol. The standard InChI is InChI=1S/C57H103N2O6P/c1-6-8-10-12-13-14-15-16-17-18-19-20-21-22-23-24-25-26-27-28-29-30-31-32-33-34-35-36-37-38-39-40-41-42-43-44-45-47-49-51-57(61)58-55(56(60)50-48-46-11-9-7-2)54-65-66(62,63)64-53-52-59(3,4)5/h8,10,13-14,16-17,19-20,22-23,25-26,28-29,55-56,60H,6-7,9,11-12,15,18,21,24,27,30-54H2,1-5H3,(H-,58,61,62,63)/b10-8-,14-13-,17-16-,20-19-,23-22-,26-25-,29-28-. The summed E-state index contributed by atoms with van der Waals surface area (Å²) in [4.78, 5) is 25.2. The van der Waals surface area contributed by atoms with Gasteiger partial charge in [0, 0.05) is 6.42 Å². The summed E-state index contributed by atoms with van der Waals surface area (Å²) in [6.45, 7) is 4.50. The van der Waals surface area contributed by atoms with Gasteiger partial charge in [-0.3, -0.25) is 9.36 Å². The minimum absolute atomic E-state index is 0.00956. The van der Waals surface area contributed by atoms with Crippen LogP contribution in [0.2, 0.25) is 0 Å². The molecular formula is C57H103N2O6P. The first kappa shape index (κ1) is 63.7. The van der Waals surface area contributed by atoms with Gasteiger partial charge in [-0.25, -0.2) is 0 Å². The zero-order chi connectivity index (χ0) is 48.5. The molecule has 9 heteroatoms. The fourth-order valence-electron chi connectivity index (χ4n) is 7.43. The van der Waals surface area contributed by atoms with Crippen molar-refractivity contribution in [2.24, 2.45) is 0 Å². The molecule has 0 aromatic rings. The number of hydrogen-bond acceptors (Lipinski definition) is 6. The van der Waals surface area contributed by atoms with Crippen molar-refractivity contribution in [2.45, 2.75) is 231 Å². The van der Waals surface area contributed by atoms with Gasteiger partial charge in [0.15, 0.2) is 0 Å². The number of aliphatic hydroxyl groups excluding tert-OH is 1. The number of phosphoric acid groups is 1. The number of nitrogens with zero attached hydrogens (tertiary/aromatic N) is 1. The van der Waals surface area contributed by atoms with Gasteiger partial charge in [-0.2, -0.15) is 0 Å². The van der Waals surface area contributed by atoms with E-state index in [1.165, 1.54) is 96.3 Å². The lowest BCUT2D eigenvalue weighted by Crippen LogP contribution is -2.46. The monoisotopic (exact) mass is 943 g/mol. The van der Waals surface area contributed by atoms with Gasteiger partial charge in [0.1, 0.15) is 13.2 Å². The van der Waals surface area contributed by atoms with Crippen molar-refractivity contribution in [3.05, 3.63) is 85.1 Å². The lowest BCUT2D eigenvalue weighted by molar-refractivity contribution is -0.870. The maximum absolute atomic E-state index is 12.8. The van der Waals surface area contributed by atoms with E-state index in [-0.39, 0.29) is 19.1 Å². The number of quaternary nitrogens is 1. The molecule has 0 aliphatic heterocycles. The fourth-order valence-corrected chi connectivity index (χ4v) is 8.15. The molecule has 0 saturated carbocycles. The third-order valence-electron chi connectivity index (χ3n) is 11.6. The Morgan fingerprint density at radius 3 is 1.35 bits per heavy atom. The molecule has 0 radical (unpaired) electrons. The first-order chi connectivity index (χ1) is 32.0. The lowest BCUT2D eigenvalue weighted by atomic mass is 10.0. The van der Waals surface area contributed by atoms with Gasteiger partial charge >= 0.3 is 0 Å². The van der Waals surface area contributed by atoms with E-state index in [0.29, 0.717) is 23.9 Å². The normalized spacial score (nSPS) is 14.7. The van der Waals surface area contributed by atoms with Gasteiger partial charge in [-0.05, 0) is 70.6 Å². The third kappa shape index (κ3) is 49.6. The molecule has 2 N–H and O–H groups in total. The maximum Gasteiger partial charge on any atom is 0.268 e. The molecule has 0 saturated heterocycles. The topological polar surface area (TPSA) is 108 Å². The Labute approximate surface area is 407 Å². The fraction of sp³-hybridized carbons (Fsp3) is 0.737. The Kier molecular flexibility index (Phi) is 46.1. The first-order valence-electron chi connectivity index (χ1n) is 26.9. The molecule has 0 aromatic heterocycles. The van der Waals surface area contributed by atoms with Crippen LogP contribution in [0.4, 0.5) is 0 Å². The van der Waals surface area contributed by atoms with Gasteiger partial charge in [0.05, 0.1) is 39.9 Å². The number of carbonyl (C=O) groups is 1. The van der Waals surface area contributed by atoms with Crippen molar-refractivity contribution in [3.8, 4) is 0 Å². The van der Waals surface area contributed by atoms with Crippen LogP contribution in [0.15, 0.2) is 85.1 Å². The quantitative estimate of drug-likeness (QED) is 0.0272. The molecule has 382 valence electrons. The summed E-state index contributed by atoms with van der Waals surface area (Å²) in [6.07, 6.45) is 66.8. The molecule has 8 nitrogen and oxygen atoms in total. The molecular weight excluding hydrogens is 840 g/mol. The highest BCUT2D eigenvalue weighted by Crippen LogP contribution is 2.38. The average Bonchev–Trinajstić information content (AvgIpc) is 3.27. The number of nitrogens with one attached hydrogen (secondary N) is 1. The largest absolute Gasteiger partial charge is 0.756 e. The highest BCUT2D eigenvalue weighted by Gasteiger charge is 2.24. The minimum Gasteiger partial charge on any atom is -0.756 e. The molecule has 3 unspecified atom stereocenters. The molecule has 0 aromatic carbocycles. The number of amides is 1. The summed E-state index contributed by atoms with van der Waals surface area (Å²) in [5, 5.41) is 13.7. The molecule has 66 heavy (non-hydrogen) atoms. The number of rotatable bonds is 48. The summed E-state index contributed by atoms with van der Waals surface area (Å²) in [6, 6.07) is -0.798. The van der Waals surface area contributed by atoms with E-state index in [1.807, 2.05) is 21.1 Å². The van der Waals surface area contributed by atoms with Crippen LogP contribution in [-0.4, -0.2) is 68.5 Å². The molecule has 1 amide bonds. The molecule has 0 spiro atoms. The third-order valence-corrected chi connectivity index (χ3v) is 12.6. The van der Waals surface area contributed by atoms with E-state index >= 15 is 0 Å².